The number of sulfonamides is 1. The maximum atomic E-state index is 12.7. The van der Waals surface area contributed by atoms with Crippen LogP contribution in [0.4, 0.5) is 0 Å². The first-order chi connectivity index (χ1) is 9.88. The molecule has 21 heavy (non-hydrogen) atoms. The number of hydrogen-bond acceptors (Lipinski definition) is 3. The Morgan fingerprint density at radius 2 is 1.76 bits per heavy atom. The normalized spacial score (nSPS) is 12.0. The molecule has 0 aromatic heterocycles. The van der Waals surface area contributed by atoms with Gasteiger partial charge in [0.15, 0.2) is 0 Å². The fourth-order valence-corrected chi connectivity index (χ4v) is 3.95. The highest BCUT2D eigenvalue weighted by molar-refractivity contribution is 7.89. The second-order valence-corrected chi connectivity index (χ2v) is 6.85. The minimum Gasteiger partial charge on any atom is -0.478 e. The van der Waals surface area contributed by atoms with E-state index in [2.05, 4.69) is 0 Å². The fourth-order valence-electron chi connectivity index (χ4n) is 2.24. The number of hydrogen-bond donors (Lipinski definition) is 1. The molecule has 0 spiro atoms. The maximum absolute atomic E-state index is 12.7. The van der Waals surface area contributed by atoms with Crippen LogP contribution < -0.4 is 0 Å². The van der Waals surface area contributed by atoms with Gasteiger partial charge in [-0.25, -0.2) is 13.2 Å². The van der Waals surface area contributed by atoms with Gasteiger partial charge in [-0.3, -0.25) is 0 Å². The van der Waals surface area contributed by atoms with E-state index in [1.165, 1.54) is 22.5 Å². The van der Waals surface area contributed by atoms with Crippen LogP contribution in [-0.4, -0.2) is 36.9 Å². The van der Waals surface area contributed by atoms with Crippen LogP contribution in [0.3, 0.4) is 0 Å². The van der Waals surface area contributed by atoms with E-state index in [1.807, 2.05) is 13.8 Å². The summed E-state index contributed by atoms with van der Waals surface area (Å²) in [5.74, 6) is -0.954. The second kappa shape index (κ2) is 7.56. The van der Waals surface area contributed by atoms with Gasteiger partial charge in [0.05, 0.1) is 10.5 Å². The first-order valence-corrected chi connectivity index (χ1v) is 8.64. The number of aromatic carboxylic acids is 1. The highest BCUT2D eigenvalue weighted by Gasteiger charge is 2.28. The monoisotopic (exact) mass is 313 g/mol. The van der Waals surface area contributed by atoms with E-state index in [-0.39, 0.29) is 16.4 Å². The summed E-state index contributed by atoms with van der Waals surface area (Å²) >= 11 is 0. The average molecular weight is 313 g/mol. The number of benzene rings is 1. The van der Waals surface area contributed by atoms with Crippen molar-refractivity contribution in [2.24, 2.45) is 5.92 Å². The Morgan fingerprint density at radius 1 is 1.19 bits per heavy atom. The van der Waals surface area contributed by atoms with Gasteiger partial charge in [-0.1, -0.05) is 45.7 Å². The van der Waals surface area contributed by atoms with Crippen molar-refractivity contribution in [1.82, 2.24) is 4.31 Å². The standard InChI is InChI=1S/C15H23NO4S/c1-4-12(5-2)11-16(6-3)21(19,20)14-10-8-7-9-13(14)15(17)18/h7-10,12H,4-6,11H2,1-3H3,(H,17,18). The molecule has 0 amide bonds. The van der Waals surface area contributed by atoms with Gasteiger partial charge in [0.2, 0.25) is 10.0 Å². The molecule has 1 N–H and O–H groups in total. The molecule has 0 saturated heterocycles. The zero-order chi connectivity index (χ0) is 16.0. The Labute approximate surface area is 126 Å². The number of carboxylic acids is 1. The van der Waals surface area contributed by atoms with Crippen molar-refractivity contribution < 1.29 is 18.3 Å². The Bertz CT molecular complexity index is 579. The number of nitrogens with zero attached hydrogens (tertiary/aromatic N) is 1. The molecule has 5 nitrogen and oxygen atoms in total. The summed E-state index contributed by atoms with van der Waals surface area (Å²) in [6.45, 7) is 6.57. The number of carboxylic acid groups (broad SMARTS) is 1. The summed E-state index contributed by atoms with van der Waals surface area (Å²) in [4.78, 5) is 11.1. The quantitative estimate of drug-likeness (QED) is 0.801. The molecule has 1 aromatic carbocycles. The molecule has 0 atom stereocenters. The molecule has 0 heterocycles. The summed E-state index contributed by atoms with van der Waals surface area (Å²) in [5.41, 5.74) is -0.180. The lowest BCUT2D eigenvalue weighted by Crippen LogP contribution is -2.35. The summed E-state index contributed by atoms with van der Waals surface area (Å²) in [6, 6.07) is 5.75. The average Bonchev–Trinajstić information content (AvgIpc) is 2.48. The topological polar surface area (TPSA) is 74.7 Å². The summed E-state index contributed by atoms with van der Waals surface area (Å²) in [7, 11) is -3.79. The Kier molecular flexibility index (Phi) is 6.36. The Morgan fingerprint density at radius 3 is 2.24 bits per heavy atom. The first kappa shape index (κ1) is 17.7. The van der Waals surface area contributed by atoms with Gasteiger partial charge >= 0.3 is 5.97 Å². The van der Waals surface area contributed by atoms with E-state index in [4.69, 9.17) is 0 Å². The van der Waals surface area contributed by atoms with Crippen LogP contribution in [-0.2, 0) is 10.0 Å². The predicted octanol–water partition coefficient (Wildman–Crippen LogP) is 2.83. The zero-order valence-corrected chi connectivity index (χ0v) is 13.6. The SMILES string of the molecule is CCC(CC)CN(CC)S(=O)(=O)c1ccccc1C(=O)O. The van der Waals surface area contributed by atoms with Crippen LogP contribution in [0.1, 0.15) is 44.0 Å². The van der Waals surface area contributed by atoms with Crippen molar-refractivity contribution in [1.29, 1.82) is 0 Å². The molecular formula is C15H23NO4S. The van der Waals surface area contributed by atoms with E-state index < -0.39 is 16.0 Å². The molecule has 6 heteroatoms. The van der Waals surface area contributed by atoms with Crippen LogP contribution >= 0.6 is 0 Å². The molecule has 0 aliphatic carbocycles. The number of carbonyl (C=O) groups is 1. The fraction of sp³-hybridized carbons (Fsp3) is 0.533. The van der Waals surface area contributed by atoms with Gasteiger partial charge in [-0.05, 0) is 18.1 Å². The Balaban J connectivity index is 3.22. The highest BCUT2D eigenvalue weighted by Crippen LogP contribution is 2.22. The predicted molar refractivity (Wildman–Crippen MR) is 81.9 cm³/mol. The number of rotatable bonds is 8. The molecule has 0 aliphatic heterocycles. The second-order valence-electron chi connectivity index (χ2n) is 4.94. The minimum absolute atomic E-state index is 0.134. The van der Waals surface area contributed by atoms with E-state index in [1.54, 1.807) is 13.0 Å². The van der Waals surface area contributed by atoms with Crippen molar-refractivity contribution in [3.8, 4) is 0 Å². The van der Waals surface area contributed by atoms with Gasteiger partial charge in [-0.15, -0.1) is 0 Å². The van der Waals surface area contributed by atoms with Gasteiger partial charge in [-0.2, -0.15) is 4.31 Å². The largest absolute Gasteiger partial charge is 0.478 e. The molecular weight excluding hydrogens is 290 g/mol. The van der Waals surface area contributed by atoms with Crippen LogP contribution in [0.15, 0.2) is 29.2 Å². The molecule has 0 unspecified atom stereocenters. The maximum Gasteiger partial charge on any atom is 0.337 e. The van der Waals surface area contributed by atoms with Gasteiger partial charge < -0.3 is 5.11 Å². The van der Waals surface area contributed by atoms with Gasteiger partial charge in [0, 0.05) is 13.1 Å². The Hall–Kier alpha value is -1.40. The van der Waals surface area contributed by atoms with Crippen LogP contribution in [0.25, 0.3) is 0 Å². The molecule has 0 fully saturated rings. The first-order valence-electron chi connectivity index (χ1n) is 7.20. The summed E-state index contributed by atoms with van der Waals surface area (Å²) < 4.78 is 26.8. The van der Waals surface area contributed by atoms with Crippen molar-refractivity contribution in [2.45, 2.75) is 38.5 Å². The molecule has 0 radical (unpaired) electrons. The highest BCUT2D eigenvalue weighted by atomic mass is 32.2. The van der Waals surface area contributed by atoms with E-state index in [0.29, 0.717) is 13.1 Å². The van der Waals surface area contributed by atoms with Gasteiger partial charge in [0.1, 0.15) is 0 Å². The van der Waals surface area contributed by atoms with Crippen LogP contribution in [0.2, 0.25) is 0 Å². The third-order valence-electron chi connectivity index (χ3n) is 3.70. The van der Waals surface area contributed by atoms with Crippen molar-refractivity contribution in [3.63, 3.8) is 0 Å². The van der Waals surface area contributed by atoms with E-state index in [0.717, 1.165) is 12.8 Å². The van der Waals surface area contributed by atoms with Crippen molar-refractivity contribution >= 4 is 16.0 Å². The minimum atomic E-state index is -3.79. The van der Waals surface area contributed by atoms with E-state index in [9.17, 15) is 18.3 Å². The third-order valence-corrected chi connectivity index (χ3v) is 5.70. The third kappa shape index (κ3) is 4.04. The van der Waals surface area contributed by atoms with E-state index >= 15 is 0 Å². The molecule has 1 rings (SSSR count). The lowest BCUT2D eigenvalue weighted by atomic mass is 10.0. The molecule has 1 aromatic rings. The van der Waals surface area contributed by atoms with Crippen molar-refractivity contribution in [3.05, 3.63) is 29.8 Å². The summed E-state index contributed by atoms with van der Waals surface area (Å²) in [6.07, 6.45) is 1.78. The van der Waals surface area contributed by atoms with Gasteiger partial charge in [0.25, 0.3) is 0 Å². The molecule has 118 valence electrons. The molecule has 0 bridgehead atoms. The summed E-state index contributed by atoms with van der Waals surface area (Å²) in [5, 5.41) is 9.17. The smallest absolute Gasteiger partial charge is 0.337 e. The lowest BCUT2D eigenvalue weighted by Gasteiger charge is -2.25. The van der Waals surface area contributed by atoms with Crippen LogP contribution in [0, 0.1) is 5.92 Å². The molecule has 0 aliphatic rings. The lowest BCUT2D eigenvalue weighted by molar-refractivity contribution is 0.0692. The van der Waals surface area contributed by atoms with Crippen LogP contribution in [0.5, 0.6) is 0 Å². The zero-order valence-electron chi connectivity index (χ0n) is 12.7. The molecule has 0 saturated carbocycles. The van der Waals surface area contributed by atoms with Crippen molar-refractivity contribution in [2.75, 3.05) is 13.1 Å².